The lowest BCUT2D eigenvalue weighted by Crippen LogP contribution is -2.43. The SMILES string of the molecule is CCOC(=O)C1=C(C)NC2=C(C(=O)[C@H](C(=O)OCC)[C@H](c3ccccc3OC)C2)[C@H]1c1ccccn1. The van der Waals surface area contributed by atoms with Crippen molar-refractivity contribution in [1.29, 1.82) is 0 Å². The molecule has 0 unspecified atom stereocenters. The summed E-state index contributed by atoms with van der Waals surface area (Å²) < 4.78 is 16.3. The summed E-state index contributed by atoms with van der Waals surface area (Å²) in [4.78, 5) is 45.0. The molecule has 0 fully saturated rings. The second kappa shape index (κ2) is 10.8. The van der Waals surface area contributed by atoms with Gasteiger partial charge in [-0.15, -0.1) is 0 Å². The number of nitrogens with one attached hydrogen (secondary N) is 1. The zero-order valence-corrected chi connectivity index (χ0v) is 20.9. The number of carbonyl (C=O) groups excluding carboxylic acids is 3. The van der Waals surface area contributed by atoms with Crippen molar-refractivity contribution in [1.82, 2.24) is 10.3 Å². The average Bonchev–Trinajstić information content (AvgIpc) is 2.88. The number of rotatable bonds is 7. The normalized spacial score (nSPS) is 21.4. The van der Waals surface area contributed by atoms with Crippen molar-refractivity contribution in [3.05, 3.63) is 82.5 Å². The van der Waals surface area contributed by atoms with Crippen LogP contribution >= 0.6 is 0 Å². The first-order chi connectivity index (χ1) is 17.4. The van der Waals surface area contributed by atoms with Crippen LogP contribution in [0, 0.1) is 5.92 Å². The number of ether oxygens (including phenoxy) is 3. The Hall–Kier alpha value is -3.94. The van der Waals surface area contributed by atoms with Crippen molar-refractivity contribution in [2.45, 2.75) is 39.0 Å². The molecule has 2 aromatic rings. The number of nitrogens with zero attached hydrogens (tertiary/aromatic N) is 1. The van der Waals surface area contributed by atoms with Crippen molar-refractivity contribution in [3.8, 4) is 5.75 Å². The molecule has 188 valence electrons. The van der Waals surface area contributed by atoms with Gasteiger partial charge in [0, 0.05) is 29.1 Å². The molecule has 0 spiro atoms. The fraction of sp³-hybridized carbons (Fsp3) is 0.357. The first kappa shape index (κ1) is 25.2. The fourth-order valence-electron chi connectivity index (χ4n) is 5.12. The highest BCUT2D eigenvalue weighted by atomic mass is 16.5. The molecule has 3 atom stereocenters. The number of allylic oxidation sites excluding steroid dienone is 3. The number of methoxy groups -OCH3 is 1. The van der Waals surface area contributed by atoms with Crippen molar-refractivity contribution < 1.29 is 28.6 Å². The number of aromatic nitrogens is 1. The number of para-hydroxylation sites is 1. The monoisotopic (exact) mass is 490 g/mol. The minimum Gasteiger partial charge on any atom is -0.496 e. The summed E-state index contributed by atoms with van der Waals surface area (Å²) in [5, 5.41) is 3.28. The van der Waals surface area contributed by atoms with E-state index >= 15 is 0 Å². The summed E-state index contributed by atoms with van der Waals surface area (Å²) in [7, 11) is 1.56. The second-order valence-corrected chi connectivity index (χ2v) is 8.61. The van der Waals surface area contributed by atoms with Gasteiger partial charge in [-0.05, 0) is 51.0 Å². The van der Waals surface area contributed by atoms with E-state index in [1.54, 1.807) is 58.3 Å². The number of ketones is 1. The van der Waals surface area contributed by atoms with E-state index in [2.05, 4.69) is 10.3 Å². The van der Waals surface area contributed by atoms with Crippen molar-refractivity contribution in [2.75, 3.05) is 20.3 Å². The number of hydrogen-bond acceptors (Lipinski definition) is 8. The molecular weight excluding hydrogens is 460 g/mol. The van der Waals surface area contributed by atoms with Crippen LogP contribution in [0.25, 0.3) is 0 Å². The van der Waals surface area contributed by atoms with E-state index in [-0.39, 0.29) is 13.2 Å². The summed E-state index contributed by atoms with van der Waals surface area (Å²) in [6.07, 6.45) is 1.96. The predicted molar refractivity (Wildman–Crippen MR) is 132 cm³/mol. The van der Waals surface area contributed by atoms with Crippen LogP contribution < -0.4 is 10.1 Å². The molecule has 0 saturated carbocycles. The van der Waals surface area contributed by atoms with Gasteiger partial charge in [-0.2, -0.15) is 0 Å². The molecule has 0 radical (unpaired) electrons. The number of benzene rings is 1. The first-order valence-corrected chi connectivity index (χ1v) is 12.0. The molecule has 8 heteroatoms. The van der Waals surface area contributed by atoms with Crippen LogP contribution in [0.5, 0.6) is 5.75 Å². The highest BCUT2D eigenvalue weighted by molar-refractivity contribution is 6.13. The van der Waals surface area contributed by atoms with Crippen LogP contribution in [0.1, 0.15) is 50.3 Å². The second-order valence-electron chi connectivity index (χ2n) is 8.61. The molecule has 0 amide bonds. The van der Waals surface area contributed by atoms with E-state index in [9.17, 15) is 14.4 Å². The Bertz CT molecular complexity index is 1230. The quantitative estimate of drug-likeness (QED) is 0.462. The van der Waals surface area contributed by atoms with Crippen LogP contribution in [-0.2, 0) is 23.9 Å². The van der Waals surface area contributed by atoms with Gasteiger partial charge in [-0.3, -0.25) is 14.6 Å². The number of carbonyl (C=O) groups is 3. The standard InChI is InChI=1S/C28H30N2O6/c1-5-35-27(32)22-16(3)30-20-15-18(17-11-7-8-13-21(17)34-4)23(28(33)36-6-2)26(31)25(20)24(22)19-12-9-10-14-29-19/h7-14,18,23-24,30H,5-6,15H2,1-4H3/t18-,23+,24-/m0/s1. The Morgan fingerprint density at radius 2 is 1.78 bits per heavy atom. The molecule has 1 N–H and O–H groups in total. The third-order valence-electron chi connectivity index (χ3n) is 6.58. The van der Waals surface area contributed by atoms with Gasteiger partial charge < -0.3 is 19.5 Å². The Morgan fingerprint density at radius 1 is 1.06 bits per heavy atom. The maximum absolute atomic E-state index is 14.2. The molecule has 0 bridgehead atoms. The van der Waals surface area contributed by atoms with E-state index in [0.717, 1.165) is 5.56 Å². The molecule has 0 saturated heterocycles. The molecule has 8 nitrogen and oxygen atoms in total. The van der Waals surface area contributed by atoms with Crippen molar-refractivity contribution in [2.24, 2.45) is 5.92 Å². The van der Waals surface area contributed by atoms with E-state index < -0.39 is 35.5 Å². The van der Waals surface area contributed by atoms with Gasteiger partial charge in [-0.25, -0.2) is 4.79 Å². The maximum Gasteiger partial charge on any atom is 0.336 e. The first-order valence-electron chi connectivity index (χ1n) is 12.0. The largest absolute Gasteiger partial charge is 0.496 e. The predicted octanol–water partition coefficient (Wildman–Crippen LogP) is 3.80. The van der Waals surface area contributed by atoms with Gasteiger partial charge in [0.1, 0.15) is 11.7 Å². The van der Waals surface area contributed by atoms with E-state index in [1.807, 2.05) is 18.2 Å². The number of hydrogen-bond donors (Lipinski definition) is 1. The van der Waals surface area contributed by atoms with E-state index in [4.69, 9.17) is 14.2 Å². The molecule has 1 aliphatic heterocycles. The Kier molecular flexibility index (Phi) is 7.52. The van der Waals surface area contributed by atoms with Gasteiger partial charge in [-0.1, -0.05) is 24.3 Å². The third-order valence-corrected chi connectivity index (χ3v) is 6.58. The molecule has 1 aromatic heterocycles. The average molecular weight is 491 g/mol. The summed E-state index contributed by atoms with van der Waals surface area (Å²) >= 11 is 0. The molecule has 2 heterocycles. The summed E-state index contributed by atoms with van der Waals surface area (Å²) in [5.41, 5.74) is 3.15. The molecular formula is C28H30N2O6. The van der Waals surface area contributed by atoms with Crippen molar-refractivity contribution in [3.63, 3.8) is 0 Å². The van der Waals surface area contributed by atoms with Gasteiger partial charge >= 0.3 is 11.9 Å². The molecule has 1 aliphatic carbocycles. The zero-order valence-electron chi connectivity index (χ0n) is 20.9. The third kappa shape index (κ3) is 4.51. The lowest BCUT2D eigenvalue weighted by molar-refractivity contribution is -0.152. The van der Waals surface area contributed by atoms with Crippen LogP contribution in [0.4, 0.5) is 0 Å². The van der Waals surface area contributed by atoms with Gasteiger partial charge in [0.25, 0.3) is 0 Å². The van der Waals surface area contributed by atoms with E-state index in [0.29, 0.717) is 40.4 Å². The Labute approximate surface area is 210 Å². The minimum atomic E-state index is -1.10. The Balaban J connectivity index is 1.91. The number of pyridine rings is 1. The zero-order chi connectivity index (χ0) is 25.8. The van der Waals surface area contributed by atoms with Gasteiger partial charge in [0.15, 0.2) is 5.78 Å². The lowest BCUT2D eigenvalue weighted by atomic mass is 9.67. The van der Waals surface area contributed by atoms with Crippen LogP contribution in [0.2, 0.25) is 0 Å². The summed E-state index contributed by atoms with van der Waals surface area (Å²) in [6.45, 7) is 5.54. The maximum atomic E-state index is 14.2. The fourth-order valence-corrected chi connectivity index (χ4v) is 5.12. The topological polar surface area (TPSA) is 104 Å². The van der Waals surface area contributed by atoms with Gasteiger partial charge in [0.05, 0.1) is 37.5 Å². The molecule has 36 heavy (non-hydrogen) atoms. The Morgan fingerprint density at radius 3 is 2.44 bits per heavy atom. The smallest absolute Gasteiger partial charge is 0.336 e. The highest BCUT2D eigenvalue weighted by Gasteiger charge is 2.49. The van der Waals surface area contributed by atoms with Crippen LogP contribution in [0.3, 0.4) is 0 Å². The molecule has 1 aromatic carbocycles. The van der Waals surface area contributed by atoms with Crippen LogP contribution in [0.15, 0.2) is 71.2 Å². The molecule has 2 aliphatic rings. The van der Waals surface area contributed by atoms with Crippen LogP contribution in [-0.4, -0.2) is 43.0 Å². The number of esters is 2. The lowest BCUT2D eigenvalue weighted by Gasteiger charge is -2.39. The summed E-state index contributed by atoms with van der Waals surface area (Å²) in [5.74, 6) is -3.33. The number of Topliss-reactive ketones (excluding diaryl/α,β-unsaturated/α-hetero) is 1. The van der Waals surface area contributed by atoms with Crippen molar-refractivity contribution >= 4 is 17.7 Å². The summed E-state index contributed by atoms with van der Waals surface area (Å²) in [6, 6.07) is 12.7. The van der Waals surface area contributed by atoms with Gasteiger partial charge in [0.2, 0.25) is 0 Å². The number of dihydropyridines is 1. The van der Waals surface area contributed by atoms with E-state index in [1.165, 1.54) is 0 Å². The minimum absolute atomic E-state index is 0.141. The molecule has 4 rings (SSSR count). The highest BCUT2D eigenvalue weighted by Crippen LogP contribution is 2.49.